The first kappa shape index (κ1) is 19.2. The van der Waals surface area contributed by atoms with E-state index in [-0.39, 0.29) is 5.92 Å². The summed E-state index contributed by atoms with van der Waals surface area (Å²) < 4.78 is 27.7. The summed E-state index contributed by atoms with van der Waals surface area (Å²) in [5, 5.41) is 2.14. The molecule has 138 valence electrons. The Morgan fingerprint density at radius 2 is 1.73 bits per heavy atom. The lowest BCUT2D eigenvalue weighted by molar-refractivity contribution is 0.406. The standard InChI is InChI=1S/C21H25NO2S2/c1-16(2)21-14-22(26(23,24)20-11-9-17(3)10-12-20)13-18(21)15-25-19-7-5-4-6-8-19/h4-12,15-16,21H,13-14H2,1-3H3/b18-15+. The Labute approximate surface area is 161 Å². The van der Waals surface area contributed by atoms with Gasteiger partial charge in [0, 0.05) is 18.0 Å². The zero-order valence-corrected chi connectivity index (χ0v) is 17.1. The van der Waals surface area contributed by atoms with E-state index in [2.05, 4.69) is 31.4 Å². The highest BCUT2D eigenvalue weighted by Gasteiger charge is 2.36. The van der Waals surface area contributed by atoms with Crippen LogP contribution in [0, 0.1) is 18.8 Å². The van der Waals surface area contributed by atoms with Gasteiger partial charge in [0.2, 0.25) is 10.0 Å². The van der Waals surface area contributed by atoms with Gasteiger partial charge in [-0.05, 0) is 54.0 Å². The molecule has 2 aromatic rings. The summed E-state index contributed by atoms with van der Waals surface area (Å²) in [5.74, 6) is 0.655. The van der Waals surface area contributed by atoms with E-state index >= 15 is 0 Å². The topological polar surface area (TPSA) is 37.4 Å². The van der Waals surface area contributed by atoms with Gasteiger partial charge in [-0.15, -0.1) is 0 Å². The van der Waals surface area contributed by atoms with Crippen molar-refractivity contribution in [2.24, 2.45) is 11.8 Å². The lowest BCUT2D eigenvalue weighted by Crippen LogP contribution is -2.29. The fourth-order valence-electron chi connectivity index (χ4n) is 3.17. The fourth-order valence-corrected chi connectivity index (χ4v) is 5.48. The molecule has 1 fully saturated rings. The summed E-state index contributed by atoms with van der Waals surface area (Å²) in [6.45, 7) is 7.30. The van der Waals surface area contributed by atoms with Gasteiger partial charge in [-0.3, -0.25) is 0 Å². The average Bonchev–Trinajstić information content (AvgIpc) is 3.07. The van der Waals surface area contributed by atoms with Crippen LogP contribution in [0.1, 0.15) is 19.4 Å². The largest absolute Gasteiger partial charge is 0.243 e. The van der Waals surface area contributed by atoms with Gasteiger partial charge in [-0.1, -0.05) is 61.5 Å². The molecule has 1 heterocycles. The number of nitrogens with zero attached hydrogens (tertiary/aromatic N) is 1. The van der Waals surface area contributed by atoms with E-state index < -0.39 is 10.0 Å². The molecular formula is C21H25NO2S2. The Morgan fingerprint density at radius 3 is 2.35 bits per heavy atom. The van der Waals surface area contributed by atoms with Crippen molar-refractivity contribution in [1.82, 2.24) is 4.31 Å². The smallest absolute Gasteiger partial charge is 0.207 e. The SMILES string of the molecule is Cc1ccc(S(=O)(=O)N2C/C(=C\Sc3ccccc3)C(C(C)C)C2)cc1. The molecule has 5 heteroatoms. The van der Waals surface area contributed by atoms with Crippen LogP contribution in [0.2, 0.25) is 0 Å². The predicted octanol–water partition coefficient (Wildman–Crippen LogP) is 4.95. The van der Waals surface area contributed by atoms with Crippen molar-refractivity contribution in [3.63, 3.8) is 0 Å². The Bertz CT molecular complexity index is 872. The Balaban J connectivity index is 1.83. The van der Waals surface area contributed by atoms with Crippen LogP contribution in [0.5, 0.6) is 0 Å². The van der Waals surface area contributed by atoms with Crippen LogP contribution < -0.4 is 0 Å². The lowest BCUT2D eigenvalue weighted by atomic mass is 9.92. The predicted molar refractivity (Wildman–Crippen MR) is 109 cm³/mol. The minimum atomic E-state index is -3.45. The normalized spacial score (nSPS) is 20.2. The first-order valence-electron chi connectivity index (χ1n) is 8.85. The minimum absolute atomic E-state index is 0.256. The van der Waals surface area contributed by atoms with Crippen molar-refractivity contribution in [3.8, 4) is 0 Å². The van der Waals surface area contributed by atoms with E-state index in [1.54, 1.807) is 28.2 Å². The van der Waals surface area contributed by atoms with Crippen LogP contribution in [0.15, 0.2) is 75.4 Å². The summed E-state index contributed by atoms with van der Waals surface area (Å²) in [5.41, 5.74) is 2.26. The zero-order valence-electron chi connectivity index (χ0n) is 15.4. The van der Waals surface area contributed by atoms with Gasteiger partial charge in [-0.25, -0.2) is 8.42 Å². The van der Waals surface area contributed by atoms with Gasteiger partial charge < -0.3 is 0 Å². The van der Waals surface area contributed by atoms with Gasteiger partial charge >= 0.3 is 0 Å². The number of thioether (sulfide) groups is 1. The molecule has 1 aliphatic rings. The highest BCUT2D eigenvalue weighted by molar-refractivity contribution is 8.02. The van der Waals surface area contributed by atoms with Gasteiger partial charge in [0.15, 0.2) is 0 Å². The number of rotatable bonds is 5. The molecule has 0 saturated carbocycles. The molecule has 3 rings (SSSR count). The summed E-state index contributed by atoms with van der Waals surface area (Å²) in [6.07, 6.45) is 0. The maximum atomic E-state index is 13.0. The zero-order chi connectivity index (χ0) is 18.7. The molecule has 26 heavy (non-hydrogen) atoms. The maximum absolute atomic E-state index is 13.0. The molecular weight excluding hydrogens is 362 g/mol. The monoisotopic (exact) mass is 387 g/mol. The second-order valence-corrected chi connectivity index (χ2v) is 9.97. The molecule has 3 nitrogen and oxygen atoms in total. The maximum Gasteiger partial charge on any atom is 0.243 e. The first-order chi connectivity index (χ1) is 12.4. The van der Waals surface area contributed by atoms with Crippen LogP contribution >= 0.6 is 11.8 Å². The Kier molecular flexibility index (Phi) is 5.90. The molecule has 0 bridgehead atoms. The number of aryl methyl sites for hydroxylation is 1. The van der Waals surface area contributed by atoms with Crippen LogP contribution in [0.4, 0.5) is 0 Å². The van der Waals surface area contributed by atoms with Gasteiger partial charge in [0.25, 0.3) is 0 Å². The fraction of sp³-hybridized carbons (Fsp3) is 0.333. The molecule has 1 unspecified atom stereocenters. The number of hydrogen-bond acceptors (Lipinski definition) is 3. The number of benzene rings is 2. The highest BCUT2D eigenvalue weighted by atomic mass is 32.2. The van der Waals surface area contributed by atoms with Crippen LogP contribution in [-0.4, -0.2) is 25.8 Å². The highest BCUT2D eigenvalue weighted by Crippen LogP contribution is 2.35. The quantitative estimate of drug-likeness (QED) is 0.681. The van der Waals surface area contributed by atoms with Crippen molar-refractivity contribution in [3.05, 3.63) is 71.1 Å². The summed E-state index contributed by atoms with van der Waals surface area (Å²) >= 11 is 1.67. The molecule has 1 aliphatic heterocycles. The average molecular weight is 388 g/mol. The third-order valence-corrected chi connectivity index (χ3v) is 7.58. The molecule has 0 amide bonds. The van der Waals surface area contributed by atoms with Crippen molar-refractivity contribution >= 4 is 21.8 Å². The van der Waals surface area contributed by atoms with Crippen molar-refractivity contribution in [2.75, 3.05) is 13.1 Å². The summed E-state index contributed by atoms with van der Waals surface area (Å²) in [7, 11) is -3.45. The molecule has 0 radical (unpaired) electrons. The van der Waals surface area contributed by atoms with Crippen LogP contribution in [-0.2, 0) is 10.0 Å². The summed E-state index contributed by atoms with van der Waals surface area (Å²) in [6, 6.07) is 17.3. The number of hydrogen-bond donors (Lipinski definition) is 0. The van der Waals surface area contributed by atoms with Gasteiger partial charge in [-0.2, -0.15) is 4.31 Å². The minimum Gasteiger partial charge on any atom is -0.207 e. The van der Waals surface area contributed by atoms with E-state index in [9.17, 15) is 8.42 Å². The van der Waals surface area contributed by atoms with Crippen LogP contribution in [0.25, 0.3) is 0 Å². The van der Waals surface area contributed by atoms with Crippen molar-refractivity contribution in [1.29, 1.82) is 0 Å². The van der Waals surface area contributed by atoms with E-state index in [1.165, 1.54) is 10.5 Å². The second-order valence-electron chi connectivity index (χ2n) is 7.08. The Hall–Kier alpha value is -1.56. The third kappa shape index (κ3) is 4.22. The molecule has 0 N–H and O–H groups in total. The van der Waals surface area contributed by atoms with Crippen LogP contribution in [0.3, 0.4) is 0 Å². The molecule has 1 atom stereocenters. The Morgan fingerprint density at radius 1 is 1.08 bits per heavy atom. The molecule has 1 saturated heterocycles. The van der Waals surface area contributed by atoms with E-state index in [0.29, 0.717) is 23.9 Å². The third-order valence-electron chi connectivity index (χ3n) is 4.79. The molecule has 0 spiro atoms. The second kappa shape index (κ2) is 7.99. The van der Waals surface area contributed by atoms with Gasteiger partial charge in [0.05, 0.1) is 4.90 Å². The lowest BCUT2D eigenvalue weighted by Gasteiger charge is -2.18. The van der Waals surface area contributed by atoms with E-state index in [0.717, 1.165) is 5.56 Å². The van der Waals surface area contributed by atoms with E-state index in [4.69, 9.17) is 0 Å². The van der Waals surface area contributed by atoms with Crippen molar-refractivity contribution < 1.29 is 8.42 Å². The first-order valence-corrected chi connectivity index (χ1v) is 11.2. The van der Waals surface area contributed by atoms with E-state index in [1.807, 2.05) is 37.3 Å². The molecule has 0 aliphatic carbocycles. The molecule has 0 aromatic heterocycles. The molecule has 2 aromatic carbocycles. The number of sulfonamides is 1. The van der Waals surface area contributed by atoms with Gasteiger partial charge in [0.1, 0.15) is 0 Å². The van der Waals surface area contributed by atoms with Crippen molar-refractivity contribution in [2.45, 2.75) is 30.6 Å². The summed E-state index contributed by atoms with van der Waals surface area (Å²) in [4.78, 5) is 1.55.